The van der Waals surface area contributed by atoms with Crippen LogP contribution in [0.15, 0.2) is 54.7 Å². The first-order chi connectivity index (χ1) is 13.1. The minimum atomic E-state index is -0.145. The van der Waals surface area contributed by atoms with Gasteiger partial charge in [-0.25, -0.2) is 4.98 Å². The van der Waals surface area contributed by atoms with E-state index in [0.717, 1.165) is 16.9 Å². The Labute approximate surface area is 166 Å². The van der Waals surface area contributed by atoms with Crippen LogP contribution in [0.1, 0.15) is 16.9 Å². The fourth-order valence-electron chi connectivity index (χ4n) is 2.47. The van der Waals surface area contributed by atoms with Crippen LogP contribution in [0.4, 0.5) is 5.13 Å². The van der Waals surface area contributed by atoms with Crippen LogP contribution in [0.2, 0.25) is 5.02 Å². The van der Waals surface area contributed by atoms with E-state index in [1.807, 2.05) is 42.5 Å². The largest absolute Gasteiger partial charge is 0.493 e. The third-order valence-corrected chi connectivity index (χ3v) is 4.87. The molecule has 1 aromatic heterocycles. The van der Waals surface area contributed by atoms with E-state index < -0.39 is 0 Å². The van der Waals surface area contributed by atoms with Crippen LogP contribution in [-0.2, 0) is 11.2 Å². The van der Waals surface area contributed by atoms with Crippen molar-refractivity contribution in [3.05, 3.63) is 70.2 Å². The third kappa shape index (κ3) is 5.70. The van der Waals surface area contributed by atoms with E-state index in [4.69, 9.17) is 21.1 Å². The van der Waals surface area contributed by atoms with E-state index in [1.54, 1.807) is 19.4 Å². The predicted molar refractivity (Wildman–Crippen MR) is 108 cm³/mol. The molecule has 140 valence electrons. The number of carbonyl (C=O) groups excluding carboxylic acids is 1. The summed E-state index contributed by atoms with van der Waals surface area (Å²) in [6, 6.07) is 15.0. The van der Waals surface area contributed by atoms with E-state index in [1.165, 1.54) is 11.3 Å². The number of anilines is 1. The molecule has 0 aliphatic carbocycles. The van der Waals surface area contributed by atoms with E-state index in [-0.39, 0.29) is 18.9 Å². The number of amides is 1. The lowest BCUT2D eigenvalue weighted by atomic mass is 10.1. The van der Waals surface area contributed by atoms with Crippen molar-refractivity contribution in [3.63, 3.8) is 0 Å². The summed E-state index contributed by atoms with van der Waals surface area (Å²) in [4.78, 5) is 17.4. The van der Waals surface area contributed by atoms with E-state index in [0.29, 0.717) is 21.7 Å². The molecule has 0 spiro atoms. The maximum Gasteiger partial charge on any atom is 0.229 e. The van der Waals surface area contributed by atoms with E-state index >= 15 is 0 Å². The first kappa shape index (κ1) is 19.2. The molecular weight excluding hydrogens is 384 g/mol. The summed E-state index contributed by atoms with van der Waals surface area (Å²) in [7, 11) is 1.58. The Morgan fingerprint density at radius 3 is 2.78 bits per heavy atom. The van der Waals surface area contributed by atoms with Gasteiger partial charge >= 0.3 is 0 Å². The molecule has 0 unspecified atom stereocenters. The average Bonchev–Trinajstić information content (AvgIpc) is 3.08. The van der Waals surface area contributed by atoms with Crippen LogP contribution in [-0.4, -0.2) is 24.6 Å². The van der Waals surface area contributed by atoms with Crippen LogP contribution in [0.3, 0.4) is 0 Å². The molecule has 2 aromatic carbocycles. The number of hydrogen-bond acceptors (Lipinski definition) is 5. The number of nitrogens with one attached hydrogen (secondary N) is 1. The fourth-order valence-corrected chi connectivity index (χ4v) is 3.54. The Balaban J connectivity index is 1.48. The highest BCUT2D eigenvalue weighted by molar-refractivity contribution is 7.15. The Kier molecular flexibility index (Phi) is 6.68. The van der Waals surface area contributed by atoms with Crippen molar-refractivity contribution in [2.24, 2.45) is 0 Å². The molecular formula is C20H19ClN2O3S. The van der Waals surface area contributed by atoms with Crippen LogP contribution in [0.5, 0.6) is 11.5 Å². The molecule has 0 atom stereocenters. The molecule has 0 aliphatic heterocycles. The van der Waals surface area contributed by atoms with Crippen molar-refractivity contribution < 1.29 is 14.3 Å². The highest BCUT2D eigenvalue weighted by atomic mass is 35.5. The number of nitrogens with zero attached hydrogens (tertiary/aromatic N) is 1. The highest BCUT2D eigenvalue weighted by Crippen LogP contribution is 2.26. The second-order valence-corrected chi connectivity index (χ2v) is 7.29. The van der Waals surface area contributed by atoms with Crippen molar-refractivity contribution in [1.29, 1.82) is 0 Å². The first-order valence-corrected chi connectivity index (χ1v) is 9.58. The smallest absolute Gasteiger partial charge is 0.229 e. The quantitative estimate of drug-likeness (QED) is 0.587. The Morgan fingerprint density at radius 2 is 2.00 bits per heavy atom. The lowest BCUT2D eigenvalue weighted by molar-refractivity contribution is -0.116. The van der Waals surface area contributed by atoms with Gasteiger partial charge in [0.2, 0.25) is 5.91 Å². The SMILES string of the molecule is COc1ccccc1OCCC(=O)Nc1ncc(Cc2cccc(Cl)c2)s1. The average molecular weight is 403 g/mol. The molecule has 0 fully saturated rings. The number of carbonyl (C=O) groups is 1. The highest BCUT2D eigenvalue weighted by Gasteiger charge is 2.09. The summed E-state index contributed by atoms with van der Waals surface area (Å²) < 4.78 is 10.8. The van der Waals surface area contributed by atoms with Crippen LogP contribution < -0.4 is 14.8 Å². The van der Waals surface area contributed by atoms with E-state index in [9.17, 15) is 4.79 Å². The zero-order chi connectivity index (χ0) is 19.1. The number of methoxy groups -OCH3 is 1. The minimum absolute atomic E-state index is 0.145. The van der Waals surface area contributed by atoms with Crippen molar-refractivity contribution >= 4 is 34.0 Å². The van der Waals surface area contributed by atoms with Gasteiger partial charge in [0.15, 0.2) is 16.6 Å². The molecule has 1 heterocycles. The summed E-state index contributed by atoms with van der Waals surface area (Å²) >= 11 is 7.46. The number of rotatable bonds is 8. The van der Waals surface area contributed by atoms with Crippen LogP contribution >= 0.6 is 22.9 Å². The molecule has 3 aromatic rings. The molecule has 7 heteroatoms. The summed E-state index contributed by atoms with van der Waals surface area (Å²) in [5.41, 5.74) is 1.11. The zero-order valence-electron chi connectivity index (χ0n) is 14.8. The van der Waals surface area contributed by atoms with Crippen molar-refractivity contribution in [2.75, 3.05) is 19.0 Å². The second-order valence-electron chi connectivity index (χ2n) is 5.74. The van der Waals surface area contributed by atoms with E-state index in [2.05, 4.69) is 10.3 Å². The monoisotopic (exact) mass is 402 g/mol. The standard InChI is InChI=1S/C20H19ClN2O3S/c1-25-17-7-2-3-8-18(17)26-10-9-19(24)23-20-22-13-16(27-20)12-14-5-4-6-15(21)11-14/h2-8,11,13H,9-10,12H2,1H3,(H,22,23,24). The summed E-state index contributed by atoms with van der Waals surface area (Å²) in [6.45, 7) is 0.257. The number of thiazole rings is 1. The van der Waals surface area contributed by atoms with Gasteiger partial charge in [0.25, 0.3) is 0 Å². The molecule has 0 radical (unpaired) electrons. The molecule has 1 amide bonds. The van der Waals surface area contributed by atoms with Gasteiger partial charge in [-0.2, -0.15) is 0 Å². The molecule has 0 saturated heterocycles. The molecule has 0 saturated carbocycles. The Hall–Kier alpha value is -2.57. The lowest BCUT2D eigenvalue weighted by Gasteiger charge is -2.09. The Bertz CT molecular complexity index is 914. The second kappa shape index (κ2) is 9.39. The maximum atomic E-state index is 12.1. The Morgan fingerprint density at radius 1 is 1.19 bits per heavy atom. The van der Waals surface area contributed by atoms with Gasteiger partial charge in [-0.05, 0) is 29.8 Å². The molecule has 0 aliphatic rings. The van der Waals surface area contributed by atoms with Gasteiger partial charge in [-0.1, -0.05) is 35.9 Å². The first-order valence-electron chi connectivity index (χ1n) is 8.39. The molecule has 5 nitrogen and oxygen atoms in total. The van der Waals surface area contributed by atoms with Gasteiger partial charge < -0.3 is 14.8 Å². The topological polar surface area (TPSA) is 60.5 Å². The number of halogens is 1. The van der Waals surface area contributed by atoms with Crippen molar-refractivity contribution in [1.82, 2.24) is 4.98 Å². The van der Waals surface area contributed by atoms with Gasteiger partial charge in [-0.3, -0.25) is 4.79 Å². The fraction of sp³-hybridized carbons (Fsp3) is 0.200. The van der Waals surface area contributed by atoms with Gasteiger partial charge in [0.1, 0.15) is 0 Å². The maximum absolute atomic E-state index is 12.1. The van der Waals surface area contributed by atoms with Crippen LogP contribution in [0.25, 0.3) is 0 Å². The molecule has 3 rings (SSSR count). The number of para-hydroxylation sites is 2. The zero-order valence-corrected chi connectivity index (χ0v) is 16.3. The number of ether oxygens (including phenoxy) is 2. The summed E-state index contributed by atoms with van der Waals surface area (Å²) in [6.07, 6.45) is 2.72. The van der Waals surface area contributed by atoms with Crippen molar-refractivity contribution in [3.8, 4) is 11.5 Å². The third-order valence-electron chi connectivity index (χ3n) is 3.72. The number of aromatic nitrogens is 1. The molecule has 1 N–H and O–H groups in total. The van der Waals surface area contributed by atoms with Crippen LogP contribution in [0, 0.1) is 0 Å². The van der Waals surface area contributed by atoms with Gasteiger partial charge in [0, 0.05) is 22.5 Å². The van der Waals surface area contributed by atoms with Gasteiger partial charge in [-0.15, -0.1) is 11.3 Å². The predicted octanol–water partition coefficient (Wildman–Crippen LogP) is 4.80. The van der Waals surface area contributed by atoms with Gasteiger partial charge in [0.05, 0.1) is 20.1 Å². The summed E-state index contributed by atoms with van der Waals surface area (Å²) in [5, 5.41) is 4.09. The normalized spacial score (nSPS) is 10.4. The number of benzene rings is 2. The minimum Gasteiger partial charge on any atom is -0.493 e. The molecule has 27 heavy (non-hydrogen) atoms. The number of hydrogen-bond donors (Lipinski definition) is 1. The summed E-state index contributed by atoms with van der Waals surface area (Å²) in [5.74, 6) is 1.11. The molecule has 0 bridgehead atoms. The lowest BCUT2D eigenvalue weighted by Crippen LogP contribution is -2.15. The van der Waals surface area contributed by atoms with Crippen molar-refractivity contribution in [2.45, 2.75) is 12.8 Å².